The Balaban J connectivity index is 1.27. The number of hydrogen-bond donors (Lipinski definition) is 0. The van der Waals surface area contributed by atoms with Gasteiger partial charge in [0.05, 0.1) is 25.2 Å². The van der Waals surface area contributed by atoms with Gasteiger partial charge in [-0.3, -0.25) is 9.69 Å². The van der Waals surface area contributed by atoms with E-state index in [1.807, 2.05) is 24.3 Å². The molecule has 0 atom stereocenters. The van der Waals surface area contributed by atoms with Crippen molar-refractivity contribution in [2.24, 2.45) is 4.99 Å². The van der Waals surface area contributed by atoms with E-state index in [1.54, 1.807) is 14.2 Å². The van der Waals surface area contributed by atoms with Crippen molar-refractivity contribution in [2.75, 3.05) is 40.4 Å². The Morgan fingerprint density at radius 3 is 2.03 bits per heavy atom. The number of benzene rings is 3. The third-order valence-electron chi connectivity index (χ3n) is 6.50. The summed E-state index contributed by atoms with van der Waals surface area (Å²) >= 11 is 1.44. The molecule has 3 aromatic carbocycles. The van der Waals surface area contributed by atoms with Crippen LogP contribution >= 0.6 is 11.8 Å². The number of methoxy groups -OCH3 is 2. The topological polar surface area (TPSA) is 54.4 Å². The fourth-order valence-electron chi connectivity index (χ4n) is 4.68. The van der Waals surface area contributed by atoms with Crippen molar-refractivity contribution in [1.82, 2.24) is 9.80 Å². The number of aliphatic imine (C=N–C) groups is 1. The van der Waals surface area contributed by atoms with Crippen LogP contribution in [0.5, 0.6) is 11.5 Å². The Hall–Kier alpha value is -3.55. The van der Waals surface area contributed by atoms with E-state index in [0.717, 1.165) is 36.9 Å². The number of carbonyl (C=O) groups is 1. The predicted octanol–water partition coefficient (Wildman–Crippen LogP) is 5.08. The first-order valence-corrected chi connectivity index (χ1v) is 12.8. The number of hydrogen-bond acceptors (Lipinski definition) is 6. The number of piperazine rings is 1. The molecule has 0 radical (unpaired) electrons. The zero-order valence-electron chi connectivity index (χ0n) is 20.5. The molecule has 1 saturated heterocycles. The van der Waals surface area contributed by atoms with Gasteiger partial charge in [-0.15, -0.1) is 0 Å². The van der Waals surface area contributed by atoms with E-state index >= 15 is 0 Å². The van der Waals surface area contributed by atoms with Gasteiger partial charge >= 0.3 is 0 Å². The minimum absolute atomic E-state index is 0.196. The van der Waals surface area contributed by atoms with Crippen molar-refractivity contribution in [3.8, 4) is 11.5 Å². The molecule has 0 unspecified atom stereocenters. The molecule has 0 N–H and O–H groups in total. The molecule has 0 saturated carbocycles. The van der Waals surface area contributed by atoms with Crippen LogP contribution < -0.4 is 9.47 Å². The minimum Gasteiger partial charge on any atom is -0.493 e. The van der Waals surface area contributed by atoms with Crippen LogP contribution in [-0.4, -0.2) is 61.3 Å². The SMILES string of the molecule is COc1ccc(/C=C2\SC(N3CCN(C(c4ccccc4)c4ccccc4)CC3)=NC2=O)cc1OC. The number of thioether (sulfide) groups is 1. The van der Waals surface area contributed by atoms with Crippen LogP contribution in [0.1, 0.15) is 22.7 Å². The number of ether oxygens (including phenoxy) is 2. The van der Waals surface area contributed by atoms with E-state index < -0.39 is 0 Å². The summed E-state index contributed by atoms with van der Waals surface area (Å²) in [6.07, 6.45) is 1.86. The summed E-state index contributed by atoms with van der Waals surface area (Å²) in [5.74, 6) is 1.09. The zero-order chi connectivity index (χ0) is 24.9. The highest BCUT2D eigenvalue weighted by Crippen LogP contribution is 2.35. The molecule has 1 amide bonds. The largest absolute Gasteiger partial charge is 0.493 e. The number of amides is 1. The lowest BCUT2D eigenvalue weighted by molar-refractivity contribution is -0.113. The van der Waals surface area contributed by atoms with Crippen LogP contribution in [0, 0.1) is 0 Å². The average molecular weight is 500 g/mol. The molecule has 2 heterocycles. The monoisotopic (exact) mass is 499 g/mol. The first-order chi connectivity index (χ1) is 17.7. The van der Waals surface area contributed by atoms with Gasteiger partial charge in [0.15, 0.2) is 16.7 Å². The molecule has 5 rings (SSSR count). The Kier molecular flexibility index (Phi) is 7.39. The molecule has 0 spiro atoms. The molecule has 184 valence electrons. The fourth-order valence-corrected chi connectivity index (χ4v) is 5.65. The third kappa shape index (κ3) is 5.17. The van der Waals surface area contributed by atoms with Gasteiger partial charge in [0.2, 0.25) is 0 Å². The van der Waals surface area contributed by atoms with Crippen LogP contribution in [0.4, 0.5) is 0 Å². The second-order valence-electron chi connectivity index (χ2n) is 8.67. The highest BCUT2D eigenvalue weighted by molar-refractivity contribution is 8.18. The van der Waals surface area contributed by atoms with Gasteiger partial charge in [0.25, 0.3) is 5.91 Å². The number of amidine groups is 1. The highest BCUT2D eigenvalue weighted by atomic mass is 32.2. The maximum atomic E-state index is 12.7. The summed E-state index contributed by atoms with van der Waals surface area (Å²) in [5.41, 5.74) is 3.46. The van der Waals surface area contributed by atoms with Crippen LogP contribution in [0.3, 0.4) is 0 Å². The maximum absolute atomic E-state index is 12.7. The highest BCUT2D eigenvalue weighted by Gasteiger charge is 2.31. The van der Waals surface area contributed by atoms with E-state index in [9.17, 15) is 4.79 Å². The Labute approximate surface area is 216 Å². The molecule has 0 aliphatic carbocycles. The number of carbonyl (C=O) groups excluding carboxylic acids is 1. The second kappa shape index (κ2) is 11.0. The Bertz CT molecular complexity index is 1230. The summed E-state index contributed by atoms with van der Waals surface area (Å²) in [6, 6.07) is 27.1. The van der Waals surface area contributed by atoms with E-state index in [4.69, 9.17) is 9.47 Å². The molecule has 0 aromatic heterocycles. The van der Waals surface area contributed by atoms with Crippen molar-refractivity contribution >= 4 is 28.9 Å². The normalized spacial score (nSPS) is 17.5. The van der Waals surface area contributed by atoms with Crippen LogP contribution in [-0.2, 0) is 4.79 Å². The smallest absolute Gasteiger partial charge is 0.286 e. The summed E-state index contributed by atoms with van der Waals surface area (Å²) in [7, 11) is 3.21. The summed E-state index contributed by atoms with van der Waals surface area (Å²) in [5, 5.41) is 0.780. The predicted molar refractivity (Wildman–Crippen MR) is 145 cm³/mol. The second-order valence-corrected chi connectivity index (χ2v) is 9.68. The standard InChI is InChI=1S/C29H29N3O3S/c1-34-24-14-13-21(19-25(24)35-2)20-26-28(33)30-29(36-26)32-17-15-31(16-18-32)27(22-9-5-3-6-10-22)23-11-7-4-8-12-23/h3-14,19-20,27H,15-18H2,1-2H3/b26-20-. The maximum Gasteiger partial charge on any atom is 0.286 e. The van der Waals surface area contributed by atoms with E-state index in [0.29, 0.717) is 16.4 Å². The molecule has 6 nitrogen and oxygen atoms in total. The van der Waals surface area contributed by atoms with Crippen LogP contribution in [0.25, 0.3) is 6.08 Å². The van der Waals surface area contributed by atoms with Crippen molar-refractivity contribution in [1.29, 1.82) is 0 Å². The third-order valence-corrected chi connectivity index (χ3v) is 7.54. The lowest BCUT2D eigenvalue weighted by Crippen LogP contribution is -2.49. The molecular weight excluding hydrogens is 470 g/mol. The molecule has 1 fully saturated rings. The van der Waals surface area contributed by atoms with Crippen LogP contribution in [0.2, 0.25) is 0 Å². The summed E-state index contributed by atoms with van der Waals surface area (Å²) in [6.45, 7) is 3.41. The number of nitrogens with zero attached hydrogens (tertiary/aromatic N) is 3. The molecule has 7 heteroatoms. The first-order valence-electron chi connectivity index (χ1n) is 12.0. The van der Waals surface area contributed by atoms with Crippen molar-refractivity contribution in [3.05, 3.63) is 100 Å². The molecule has 36 heavy (non-hydrogen) atoms. The lowest BCUT2D eigenvalue weighted by Gasteiger charge is -2.40. The zero-order valence-corrected chi connectivity index (χ0v) is 21.3. The Morgan fingerprint density at radius 1 is 0.833 bits per heavy atom. The molecule has 2 aliphatic heterocycles. The van der Waals surface area contributed by atoms with Gasteiger partial charge in [-0.1, -0.05) is 66.7 Å². The van der Waals surface area contributed by atoms with Gasteiger partial charge in [-0.2, -0.15) is 4.99 Å². The molecular formula is C29H29N3O3S. The fraction of sp³-hybridized carbons (Fsp3) is 0.241. The molecule has 0 bridgehead atoms. The van der Waals surface area contributed by atoms with Gasteiger partial charge in [0.1, 0.15) is 0 Å². The van der Waals surface area contributed by atoms with Crippen molar-refractivity contribution in [2.45, 2.75) is 6.04 Å². The minimum atomic E-state index is -0.196. The van der Waals surface area contributed by atoms with Crippen molar-refractivity contribution < 1.29 is 14.3 Å². The summed E-state index contributed by atoms with van der Waals surface area (Å²) in [4.78, 5) is 22.4. The van der Waals surface area contributed by atoms with E-state index in [-0.39, 0.29) is 11.9 Å². The van der Waals surface area contributed by atoms with Gasteiger partial charge < -0.3 is 14.4 Å². The van der Waals surface area contributed by atoms with Gasteiger partial charge in [0, 0.05) is 26.2 Å². The summed E-state index contributed by atoms with van der Waals surface area (Å²) < 4.78 is 10.7. The first kappa shape index (κ1) is 24.2. The number of rotatable bonds is 6. The molecule has 2 aliphatic rings. The lowest BCUT2D eigenvalue weighted by atomic mass is 9.96. The van der Waals surface area contributed by atoms with E-state index in [1.165, 1.54) is 22.9 Å². The average Bonchev–Trinajstić information content (AvgIpc) is 3.30. The van der Waals surface area contributed by atoms with Crippen LogP contribution in [0.15, 0.2) is 88.8 Å². The van der Waals surface area contributed by atoms with E-state index in [2.05, 4.69) is 75.5 Å². The molecule has 3 aromatic rings. The Morgan fingerprint density at radius 2 is 1.44 bits per heavy atom. The van der Waals surface area contributed by atoms with Crippen molar-refractivity contribution in [3.63, 3.8) is 0 Å². The quantitative estimate of drug-likeness (QED) is 0.441. The van der Waals surface area contributed by atoms with Gasteiger partial charge in [-0.05, 0) is 46.7 Å². The van der Waals surface area contributed by atoms with Gasteiger partial charge in [-0.25, -0.2) is 0 Å².